The van der Waals surface area contributed by atoms with Crippen molar-refractivity contribution in [3.63, 3.8) is 0 Å². The Morgan fingerprint density at radius 1 is 0.514 bits per heavy atom. The van der Waals surface area contributed by atoms with Crippen molar-refractivity contribution in [2.75, 3.05) is 22.9 Å². The van der Waals surface area contributed by atoms with E-state index in [1.54, 1.807) is 0 Å². The number of phenolic OH excluding ortho intramolecular Hbond substituents is 4. The quantitative estimate of drug-likeness (QED) is 0.153. The van der Waals surface area contributed by atoms with E-state index in [4.69, 9.17) is 22.9 Å². The number of aromatic hydroxyl groups is 4. The number of phenols is 4. The van der Waals surface area contributed by atoms with Crippen LogP contribution in [0.4, 0.5) is 22.7 Å². The van der Waals surface area contributed by atoms with Crippen LogP contribution < -0.4 is 22.9 Å². The Morgan fingerprint density at radius 2 is 0.857 bits per heavy atom. The molecule has 0 aliphatic carbocycles. The van der Waals surface area contributed by atoms with Gasteiger partial charge in [0.2, 0.25) is 9.84 Å². The van der Waals surface area contributed by atoms with Crippen molar-refractivity contribution in [3.8, 4) is 45.3 Å². The van der Waals surface area contributed by atoms with Crippen molar-refractivity contribution in [3.05, 3.63) is 60.7 Å². The van der Waals surface area contributed by atoms with Crippen LogP contribution in [0.2, 0.25) is 0 Å². The molecule has 0 aliphatic heterocycles. The molecule has 0 amide bonds. The van der Waals surface area contributed by atoms with E-state index >= 15 is 0 Å². The Kier molecular flexibility index (Phi) is 5.49. The highest BCUT2D eigenvalue weighted by molar-refractivity contribution is 7.92. The summed E-state index contributed by atoms with van der Waals surface area (Å²) in [5, 5.41) is 41.7. The van der Waals surface area contributed by atoms with Crippen LogP contribution >= 0.6 is 0 Å². The van der Waals surface area contributed by atoms with Gasteiger partial charge in [-0.1, -0.05) is 24.3 Å². The van der Waals surface area contributed by atoms with Crippen LogP contribution in [0.25, 0.3) is 22.3 Å². The smallest absolute Gasteiger partial charge is 0.215 e. The molecular weight excluding hydrogens is 472 g/mol. The van der Waals surface area contributed by atoms with Gasteiger partial charge in [-0.15, -0.1) is 0 Å². The number of rotatable bonds is 4. The number of anilines is 4. The predicted octanol–water partition coefficient (Wildman–Crippen LogP) is 3.00. The maximum atomic E-state index is 14.1. The molecule has 0 unspecified atom stereocenters. The van der Waals surface area contributed by atoms with Crippen LogP contribution in [-0.2, 0) is 9.84 Å². The van der Waals surface area contributed by atoms with Gasteiger partial charge in [0, 0.05) is 11.1 Å². The molecule has 12 N–H and O–H groups in total. The second-order valence-corrected chi connectivity index (χ2v) is 9.63. The van der Waals surface area contributed by atoms with E-state index in [1.807, 2.05) is 0 Å². The van der Waals surface area contributed by atoms with Crippen molar-refractivity contribution in [1.29, 1.82) is 0 Å². The summed E-state index contributed by atoms with van der Waals surface area (Å²) in [5.41, 5.74) is 23.0. The third kappa shape index (κ3) is 3.83. The molecule has 0 aliphatic rings. The molecular formula is C24H22N4O6S. The van der Waals surface area contributed by atoms with E-state index in [1.165, 1.54) is 60.7 Å². The minimum atomic E-state index is -4.73. The predicted molar refractivity (Wildman–Crippen MR) is 134 cm³/mol. The van der Waals surface area contributed by atoms with Gasteiger partial charge in [-0.25, -0.2) is 8.42 Å². The molecule has 180 valence electrons. The highest BCUT2D eigenvalue weighted by Crippen LogP contribution is 2.47. The summed E-state index contributed by atoms with van der Waals surface area (Å²) in [6.45, 7) is 0. The maximum Gasteiger partial charge on any atom is 0.215 e. The minimum Gasteiger partial charge on any atom is -0.506 e. The molecule has 0 fully saturated rings. The number of nitrogen functional groups attached to an aromatic ring is 4. The van der Waals surface area contributed by atoms with Gasteiger partial charge in [-0.3, -0.25) is 0 Å². The molecule has 0 radical (unpaired) electrons. The molecule has 4 aromatic carbocycles. The third-order valence-corrected chi connectivity index (χ3v) is 7.45. The first-order valence-corrected chi connectivity index (χ1v) is 11.6. The largest absolute Gasteiger partial charge is 0.506 e. The second-order valence-electron chi connectivity index (χ2n) is 7.81. The summed E-state index contributed by atoms with van der Waals surface area (Å²) in [7, 11) is -4.73. The molecule has 0 saturated heterocycles. The average Bonchev–Trinajstić information content (AvgIpc) is 2.80. The molecule has 4 rings (SSSR count). The van der Waals surface area contributed by atoms with E-state index < -0.39 is 31.1 Å². The minimum absolute atomic E-state index is 0.0140. The van der Waals surface area contributed by atoms with Crippen LogP contribution in [0.3, 0.4) is 0 Å². The fraction of sp³-hybridized carbons (Fsp3) is 0. The lowest BCUT2D eigenvalue weighted by Gasteiger charge is -2.19. The lowest BCUT2D eigenvalue weighted by molar-refractivity contribution is 0.456. The van der Waals surface area contributed by atoms with E-state index in [2.05, 4.69) is 0 Å². The highest BCUT2D eigenvalue weighted by atomic mass is 32.2. The zero-order valence-electron chi connectivity index (χ0n) is 18.1. The van der Waals surface area contributed by atoms with Gasteiger partial charge in [0.15, 0.2) is 11.5 Å². The zero-order valence-corrected chi connectivity index (χ0v) is 18.9. The average molecular weight is 495 g/mol. The van der Waals surface area contributed by atoms with Gasteiger partial charge in [0.05, 0.1) is 22.7 Å². The van der Waals surface area contributed by atoms with Gasteiger partial charge in [0.25, 0.3) is 0 Å². The van der Waals surface area contributed by atoms with Crippen molar-refractivity contribution in [1.82, 2.24) is 0 Å². The van der Waals surface area contributed by atoms with Gasteiger partial charge < -0.3 is 43.4 Å². The lowest BCUT2D eigenvalue weighted by Crippen LogP contribution is -2.09. The molecule has 0 saturated carbocycles. The number of sulfone groups is 1. The lowest BCUT2D eigenvalue weighted by atomic mass is 10.0. The fourth-order valence-electron chi connectivity index (χ4n) is 3.70. The molecule has 0 bridgehead atoms. The van der Waals surface area contributed by atoms with Crippen LogP contribution in [-0.4, -0.2) is 28.8 Å². The van der Waals surface area contributed by atoms with Gasteiger partial charge in [-0.05, 0) is 47.5 Å². The Labute approximate surface area is 200 Å². The highest BCUT2D eigenvalue weighted by Gasteiger charge is 2.33. The molecule has 35 heavy (non-hydrogen) atoms. The number of hydrogen-bond acceptors (Lipinski definition) is 10. The summed E-state index contributed by atoms with van der Waals surface area (Å²) in [5.74, 6) is -2.11. The van der Waals surface area contributed by atoms with Crippen LogP contribution in [0, 0.1) is 0 Å². The van der Waals surface area contributed by atoms with Crippen LogP contribution in [0.5, 0.6) is 23.0 Å². The van der Waals surface area contributed by atoms with Crippen molar-refractivity contribution in [2.24, 2.45) is 0 Å². The first kappa shape index (κ1) is 23.4. The third-order valence-electron chi connectivity index (χ3n) is 5.55. The Balaban J connectivity index is 2.08. The molecule has 0 spiro atoms. The number of benzene rings is 4. The first-order chi connectivity index (χ1) is 16.4. The maximum absolute atomic E-state index is 14.1. The Hall–Kier alpha value is -4.77. The van der Waals surface area contributed by atoms with Crippen molar-refractivity contribution >= 4 is 32.6 Å². The molecule has 4 aromatic rings. The summed E-state index contributed by atoms with van der Waals surface area (Å²) < 4.78 is 28.1. The second kappa shape index (κ2) is 8.22. The van der Waals surface area contributed by atoms with Gasteiger partial charge in [-0.2, -0.15) is 0 Å². The monoisotopic (exact) mass is 494 g/mol. The zero-order chi connectivity index (χ0) is 25.7. The normalized spacial score (nSPS) is 11.4. The molecule has 0 aromatic heterocycles. The number of nitrogens with two attached hydrogens (primary N) is 4. The van der Waals surface area contributed by atoms with E-state index in [-0.39, 0.29) is 56.5 Å². The molecule has 11 heteroatoms. The van der Waals surface area contributed by atoms with Crippen LogP contribution in [0.1, 0.15) is 0 Å². The SMILES string of the molecule is Nc1ccc(-c2ccc(N)c(O)c2S(=O)(=O)c2c(-c3ccc(N)c(O)c3)ccc(N)c2O)cc1O. The molecule has 10 nitrogen and oxygen atoms in total. The summed E-state index contributed by atoms with van der Waals surface area (Å²) in [4.78, 5) is -1.24. The van der Waals surface area contributed by atoms with E-state index in [0.717, 1.165) is 0 Å². The molecule has 0 atom stereocenters. The Morgan fingerprint density at radius 3 is 1.20 bits per heavy atom. The number of hydrogen-bond donors (Lipinski definition) is 8. The topological polar surface area (TPSA) is 219 Å². The first-order valence-electron chi connectivity index (χ1n) is 10.1. The van der Waals surface area contributed by atoms with E-state index in [9.17, 15) is 28.8 Å². The van der Waals surface area contributed by atoms with Crippen LogP contribution in [0.15, 0.2) is 70.5 Å². The van der Waals surface area contributed by atoms with Crippen molar-refractivity contribution < 1.29 is 28.8 Å². The summed E-state index contributed by atoms with van der Waals surface area (Å²) in [6.07, 6.45) is 0. The summed E-state index contributed by atoms with van der Waals surface area (Å²) >= 11 is 0. The van der Waals surface area contributed by atoms with Crippen molar-refractivity contribution in [2.45, 2.75) is 9.79 Å². The Bertz CT molecular complexity index is 1490. The standard InChI is InChI=1S/C24H22N4O6S/c25-15-5-1-11(9-19(15)29)13-3-7-17(27)21(31)23(13)35(33,34)24-14(4-8-18(28)22(24)32)12-2-6-16(26)20(30)10-12/h1-10,29-32H,25-28H2. The van der Waals surface area contributed by atoms with Gasteiger partial charge in [0.1, 0.15) is 21.3 Å². The molecule has 0 heterocycles. The van der Waals surface area contributed by atoms with E-state index in [0.29, 0.717) is 0 Å². The fourth-order valence-corrected chi connectivity index (χ4v) is 5.60. The van der Waals surface area contributed by atoms with Gasteiger partial charge >= 0.3 is 0 Å². The summed E-state index contributed by atoms with van der Waals surface area (Å²) in [6, 6.07) is 13.4.